The molecule has 0 aromatic heterocycles. The molecule has 0 amide bonds. The quantitative estimate of drug-likeness (QED) is 0.704. The first-order valence-corrected chi connectivity index (χ1v) is 7.77. The first-order valence-electron chi connectivity index (χ1n) is 7.77. The number of nitrogens with one attached hydrogen (secondary N) is 1. The van der Waals surface area contributed by atoms with Crippen LogP contribution in [0.4, 0.5) is 0 Å². The van der Waals surface area contributed by atoms with Gasteiger partial charge in [0, 0.05) is 25.7 Å². The maximum Gasteiger partial charge on any atom is 0.0593 e. The highest BCUT2D eigenvalue weighted by atomic mass is 16.5. The van der Waals surface area contributed by atoms with Gasteiger partial charge in [-0.25, -0.2) is 0 Å². The molecule has 106 valence electrons. The Hall–Kier alpha value is -0.120. The summed E-state index contributed by atoms with van der Waals surface area (Å²) in [7, 11) is 0. The molecule has 0 spiro atoms. The van der Waals surface area contributed by atoms with Crippen molar-refractivity contribution in [2.45, 2.75) is 45.6 Å². The molecule has 0 bridgehead atoms. The predicted octanol–water partition coefficient (Wildman–Crippen LogP) is 2.12. The zero-order chi connectivity index (χ0) is 12.8. The second-order valence-electron chi connectivity index (χ2n) is 6.45. The number of rotatable bonds is 7. The van der Waals surface area contributed by atoms with E-state index in [9.17, 15) is 0 Å². The molecule has 3 nitrogen and oxygen atoms in total. The van der Waals surface area contributed by atoms with Gasteiger partial charge < -0.3 is 10.1 Å². The highest BCUT2D eigenvalue weighted by Gasteiger charge is 2.22. The zero-order valence-corrected chi connectivity index (χ0v) is 12.2. The summed E-state index contributed by atoms with van der Waals surface area (Å²) < 4.78 is 5.76. The first kappa shape index (κ1) is 14.3. The van der Waals surface area contributed by atoms with E-state index in [-0.39, 0.29) is 0 Å². The Morgan fingerprint density at radius 2 is 2.17 bits per heavy atom. The van der Waals surface area contributed by atoms with Gasteiger partial charge in [-0.05, 0) is 50.6 Å². The van der Waals surface area contributed by atoms with Gasteiger partial charge in [-0.3, -0.25) is 4.90 Å². The van der Waals surface area contributed by atoms with E-state index in [1.807, 2.05) is 0 Å². The molecular formula is C15H30N2O. The van der Waals surface area contributed by atoms with E-state index in [0.717, 1.165) is 31.6 Å². The molecule has 1 unspecified atom stereocenters. The maximum atomic E-state index is 5.76. The Morgan fingerprint density at radius 3 is 2.89 bits per heavy atom. The lowest BCUT2D eigenvalue weighted by molar-refractivity contribution is 0.0949. The average molecular weight is 254 g/mol. The van der Waals surface area contributed by atoms with Crippen LogP contribution in [0.1, 0.15) is 39.5 Å². The summed E-state index contributed by atoms with van der Waals surface area (Å²) in [6.07, 6.45) is 5.35. The van der Waals surface area contributed by atoms with Crippen molar-refractivity contribution in [2.75, 3.05) is 39.4 Å². The highest BCUT2D eigenvalue weighted by molar-refractivity contribution is 4.77. The molecule has 2 fully saturated rings. The van der Waals surface area contributed by atoms with Crippen LogP contribution < -0.4 is 5.32 Å². The fraction of sp³-hybridized carbons (Fsp3) is 1.00. The Morgan fingerprint density at radius 1 is 1.33 bits per heavy atom. The Bertz CT molecular complexity index is 229. The lowest BCUT2D eigenvalue weighted by Crippen LogP contribution is -2.39. The standard InChI is InChI=1S/C15H30N2O/c1-13(2)10-15-11-17(7-3-6-16-15)8-9-18-12-14-4-5-14/h13-16H,3-12H2,1-2H3. The molecular weight excluding hydrogens is 224 g/mol. The van der Waals surface area contributed by atoms with Crippen LogP contribution in [0.5, 0.6) is 0 Å². The minimum Gasteiger partial charge on any atom is -0.380 e. The van der Waals surface area contributed by atoms with Gasteiger partial charge in [0.05, 0.1) is 6.61 Å². The summed E-state index contributed by atoms with van der Waals surface area (Å²) in [5.74, 6) is 1.68. The van der Waals surface area contributed by atoms with Crippen LogP contribution in [0, 0.1) is 11.8 Å². The average Bonchev–Trinajstić information content (AvgIpc) is 3.11. The molecule has 1 heterocycles. The van der Waals surface area contributed by atoms with Gasteiger partial charge in [-0.1, -0.05) is 13.8 Å². The number of hydrogen-bond donors (Lipinski definition) is 1. The molecule has 1 aliphatic heterocycles. The smallest absolute Gasteiger partial charge is 0.0593 e. The molecule has 1 saturated heterocycles. The number of hydrogen-bond acceptors (Lipinski definition) is 3. The maximum absolute atomic E-state index is 5.76. The minimum atomic E-state index is 0.677. The highest BCUT2D eigenvalue weighted by Crippen LogP contribution is 2.28. The van der Waals surface area contributed by atoms with Gasteiger partial charge in [0.15, 0.2) is 0 Å². The van der Waals surface area contributed by atoms with E-state index in [1.54, 1.807) is 0 Å². The largest absolute Gasteiger partial charge is 0.380 e. The monoisotopic (exact) mass is 254 g/mol. The Balaban J connectivity index is 1.62. The zero-order valence-electron chi connectivity index (χ0n) is 12.2. The number of nitrogens with zero attached hydrogens (tertiary/aromatic N) is 1. The van der Waals surface area contributed by atoms with Crippen LogP contribution in [0.15, 0.2) is 0 Å². The number of ether oxygens (including phenoxy) is 1. The van der Waals surface area contributed by atoms with Crippen LogP contribution in [0.25, 0.3) is 0 Å². The molecule has 1 aliphatic carbocycles. The lowest BCUT2D eigenvalue weighted by Gasteiger charge is -2.25. The molecule has 0 aromatic rings. The van der Waals surface area contributed by atoms with E-state index in [1.165, 1.54) is 45.3 Å². The van der Waals surface area contributed by atoms with Crippen molar-refractivity contribution in [3.63, 3.8) is 0 Å². The van der Waals surface area contributed by atoms with Gasteiger partial charge in [0.2, 0.25) is 0 Å². The molecule has 0 aromatic carbocycles. The van der Waals surface area contributed by atoms with Crippen molar-refractivity contribution in [3.8, 4) is 0 Å². The topological polar surface area (TPSA) is 24.5 Å². The van der Waals surface area contributed by atoms with Crippen molar-refractivity contribution >= 4 is 0 Å². The molecule has 0 radical (unpaired) electrons. The van der Waals surface area contributed by atoms with E-state index in [0.29, 0.717) is 6.04 Å². The van der Waals surface area contributed by atoms with Crippen LogP contribution in [0.2, 0.25) is 0 Å². The first-order chi connectivity index (χ1) is 8.74. The summed E-state index contributed by atoms with van der Waals surface area (Å²) in [4.78, 5) is 2.58. The molecule has 2 aliphatic rings. The van der Waals surface area contributed by atoms with Gasteiger partial charge in [0.25, 0.3) is 0 Å². The molecule has 1 saturated carbocycles. The van der Waals surface area contributed by atoms with Crippen molar-refractivity contribution in [1.82, 2.24) is 10.2 Å². The molecule has 1 N–H and O–H groups in total. The van der Waals surface area contributed by atoms with E-state index in [2.05, 4.69) is 24.1 Å². The Labute approximate surface area is 112 Å². The molecule has 3 heteroatoms. The van der Waals surface area contributed by atoms with Gasteiger partial charge >= 0.3 is 0 Å². The van der Waals surface area contributed by atoms with E-state index >= 15 is 0 Å². The summed E-state index contributed by atoms with van der Waals surface area (Å²) in [6.45, 7) is 11.3. The normalized spacial score (nSPS) is 26.5. The summed E-state index contributed by atoms with van der Waals surface area (Å²) in [6, 6.07) is 0.677. The van der Waals surface area contributed by atoms with E-state index < -0.39 is 0 Å². The fourth-order valence-corrected chi connectivity index (χ4v) is 2.73. The summed E-state index contributed by atoms with van der Waals surface area (Å²) >= 11 is 0. The predicted molar refractivity (Wildman–Crippen MR) is 75.8 cm³/mol. The summed E-state index contributed by atoms with van der Waals surface area (Å²) in [5.41, 5.74) is 0. The van der Waals surface area contributed by atoms with E-state index in [4.69, 9.17) is 4.74 Å². The third kappa shape index (κ3) is 5.68. The summed E-state index contributed by atoms with van der Waals surface area (Å²) in [5, 5.41) is 3.68. The molecule has 2 rings (SSSR count). The van der Waals surface area contributed by atoms with Gasteiger partial charge in [-0.2, -0.15) is 0 Å². The van der Waals surface area contributed by atoms with Crippen molar-refractivity contribution in [1.29, 1.82) is 0 Å². The SMILES string of the molecule is CC(C)CC1CN(CCOCC2CC2)CCCN1. The van der Waals surface area contributed by atoms with Crippen LogP contribution in [-0.4, -0.2) is 50.3 Å². The van der Waals surface area contributed by atoms with Crippen LogP contribution >= 0.6 is 0 Å². The minimum absolute atomic E-state index is 0.677. The van der Waals surface area contributed by atoms with Crippen LogP contribution in [-0.2, 0) is 4.74 Å². The van der Waals surface area contributed by atoms with Crippen molar-refractivity contribution in [2.24, 2.45) is 11.8 Å². The van der Waals surface area contributed by atoms with Crippen LogP contribution in [0.3, 0.4) is 0 Å². The van der Waals surface area contributed by atoms with Crippen molar-refractivity contribution < 1.29 is 4.74 Å². The third-order valence-electron chi connectivity index (χ3n) is 3.92. The Kier molecular flexibility index (Phi) is 5.93. The molecule has 1 atom stereocenters. The third-order valence-corrected chi connectivity index (χ3v) is 3.92. The fourth-order valence-electron chi connectivity index (χ4n) is 2.73. The van der Waals surface area contributed by atoms with Crippen molar-refractivity contribution in [3.05, 3.63) is 0 Å². The lowest BCUT2D eigenvalue weighted by atomic mass is 10.0. The molecule has 18 heavy (non-hydrogen) atoms. The second kappa shape index (κ2) is 7.46. The second-order valence-corrected chi connectivity index (χ2v) is 6.45. The van der Waals surface area contributed by atoms with Gasteiger partial charge in [0.1, 0.15) is 0 Å². The van der Waals surface area contributed by atoms with Gasteiger partial charge in [-0.15, -0.1) is 0 Å².